The van der Waals surface area contributed by atoms with Gasteiger partial charge in [-0.3, -0.25) is 0 Å². The van der Waals surface area contributed by atoms with Crippen molar-refractivity contribution in [3.63, 3.8) is 0 Å². The predicted octanol–water partition coefficient (Wildman–Crippen LogP) is 10.1. The summed E-state index contributed by atoms with van der Waals surface area (Å²) in [6.45, 7) is 8.94. The van der Waals surface area contributed by atoms with Crippen LogP contribution in [0.4, 0.5) is 0 Å². The third-order valence-electron chi connectivity index (χ3n) is 6.86. The Morgan fingerprint density at radius 2 is 1.66 bits per heavy atom. The van der Waals surface area contributed by atoms with Crippen molar-refractivity contribution in [2.24, 2.45) is 5.41 Å². The number of aryl methyl sites for hydroxylation is 1. The molecule has 7 rings (SSSR count). The Morgan fingerprint density at radius 3 is 2.41 bits per heavy atom. The first kappa shape index (κ1) is 28.9. The molecule has 5 heteroatoms. The van der Waals surface area contributed by atoms with E-state index in [-0.39, 0.29) is 25.5 Å². The van der Waals surface area contributed by atoms with Gasteiger partial charge in [-0.05, 0) is 58.6 Å². The minimum Gasteiger partial charge on any atom is -0.499 e. The van der Waals surface area contributed by atoms with Gasteiger partial charge in [0.15, 0.2) is 0 Å². The molecule has 0 saturated carbocycles. The number of aromatic nitrogens is 2. The van der Waals surface area contributed by atoms with Gasteiger partial charge in [0.1, 0.15) is 5.58 Å². The van der Waals surface area contributed by atoms with E-state index in [4.69, 9.17) is 9.40 Å². The van der Waals surface area contributed by atoms with Crippen molar-refractivity contribution in [2.75, 3.05) is 0 Å². The maximum Gasteiger partial charge on any atom is 0.138 e. The van der Waals surface area contributed by atoms with Crippen molar-refractivity contribution in [3.05, 3.63) is 120 Å². The van der Waals surface area contributed by atoms with E-state index in [1.54, 1.807) is 17.5 Å². The molecule has 0 fully saturated rings. The molecule has 207 valence electrons. The van der Waals surface area contributed by atoms with Crippen LogP contribution in [0.5, 0.6) is 0 Å². The van der Waals surface area contributed by atoms with Crippen LogP contribution in [0.15, 0.2) is 101 Å². The Bertz CT molecular complexity index is 1880. The van der Waals surface area contributed by atoms with E-state index in [9.17, 15) is 0 Å². The molecule has 4 aromatic heterocycles. The van der Waals surface area contributed by atoms with E-state index in [0.29, 0.717) is 0 Å². The molecule has 41 heavy (non-hydrogen) atoms. The largest absolute Gasteiger partial charge is 0.499 e. The zero-order chi connectivity index (χ0) is 27.7. The van der Waals surface area contributed by atoms with Gasteiger partial charge in [0, 0.05) is 37.9 Å². The van der Waals surface area contributed by atoms with Crippen LogP contribution in [0, 0.1) is 24.5 Å². The van der Waals surface area contributed by atoms with Gasteiger partial charge >= 0.3 is 0 Å². The summed E-state index contributed by atoms with van der Waals surface area (Å²) in [5, 5.41) is 5.62. The first-order valence-corrected chi connectivity index (χ1v) is 14.3. The van der Waals surface area contributed by atoms with E-state index in [0.717, 1.165) is 50.9 Å². The van der Waals surface area contributed by atoms with Crippen LogP contribution in [0.1, 0.15) is 31.9 Å². The summed E-state index contributed by atoms with van der Waals surface area (Å²) in [7, 11) is 0. The average molecular weight is 731 g/mol. The normalized spacial score (nSPS) is 11.3. The Hall–Kier alpha value is -3.63. The van der Waals surface area contributed by atoms with Crippen molar-refractivity contribution < 1.29 is 24.5 Å². The van der Waals surface area contributed by atoms with Crippen LogP contribution in [-0.2, 0) is 26.5 Å². The first-order chi connectivity index (χ1) is 19.4. The zero-order valence-corrected chi connectivity index (χ0v) is 26.7. The standard InChI is InChI=1S/C25H22NOS.C11H8N.Ir/c1-15-14-26-21(12-17(15)13-25(2,3)4)20-7-5-6-18-19-9-8-16-10-11-28-24(16)23(19)27-22(18)20;1-2-6-10(7-3-1)11-8-4-5-9-12-11;/h5-6,8-12,14H,13H2,1-4H3;1-6,8-9H;/q2*-1;. The number of benzene rings is 3. The van der Waals surface area contributed by atoms with Gasteiger partial charge in [-0.15, -0.1) is 65.4 Å². The van der Waals surface area contributed by atoms with Crippen LogP contribution in [0.2, 0.25) is 0 Å². The third kappa shape index (κ3) is 6.18. The molecule has 0 unspecified atom stereocenters. The molecule has 3 aromatic carbocycles. The Balaban J connectivity index is 0.000000218. The monoisotopic (exact) mass is 731 g/mol. The first-order valence-electron chi connectivity index (χ1n) is 13.4. The van der Waals surface area contributed by atoms with Crippen LogP contribution in [0.3, 0.4) is 0 Å². The van der Waals surface area contributed by atoms with E-state index in [2.05, 4.69) is 80.5 Å². The van der Waals surface area contributed by atoms with Crippen molar-refractivity contribution in [2.45, 2.75) is 34.1 Å². The molecule has 0 aliphatic rings. The van der Waals surface area contributed by atoms with Crippen LogP contribution in [-0.4, -0.2) is 9.97 Å². The van der Waals surface area contributed by atoms with E-state index >= 15 is 0 Å². The number of pyridine rings is 2. The van der Waals surface area contributed by atoms with Crippen molar-refractivity contribution in [1.82, 2.24) is 9.97 Å². The molecule has 4 heterocycles. The van der Waals surface area contributed by atoms with Crippen LogP contribution in [0.25, 0.3) is 54.5 Å². The van der Waals surface area contributed by atoms with Crippen molar-refractivity contribution in [1.29, 1.82) is 0 Å². The molecule has 0 bridgehead atoms. The molecular weight excluding hydrogens is 701 g/mol. The second kappa shape index (κ2) is 12.1. The number of furan rings is 1. The minimum absolute atomic E-state index is 0. The Kier molecular flexibility index (Phi) is 8.51. The fourth-order valence-corrected chi connectivity index (χ4v) is 5.83. The van der Waals surface area contributed by atoms with Crippen LogP contribution >= 0.6 is 11.3 Å². The average Bonchev–Trinajstić information content (AvgIpc) is 3.60. The molecular formula is C36H30IrN2OS-2. The molecule has 0 aliphatic heterocycles. The number of nitrogens with zero attached hydrogens (tertiary/aromatic N) is 2. The number of hydrogen-bond acceptors (Lipinski definition) is 4. The second-order valence-corrected chi connectivity index (χ2v) is 12.1. The van der Waals surface area contributed by atoms with E-state index in [1.165, 1.54) is 21.2 Å². The quantitative estimate of drug-likeness (QED) is 0.170. The van der Waals surface area contributed by atoms with Gasteiger partial charge in [0.2, 0.25) is 0 Å². The molecule has 0 spiro atoms. The summed E-state index contributed by atoms with van der Waals surface area (Å²) in [5.74, 6) is 0. The Labute approximate surface area is 258 Å². The Morgan fingerprint density at radius 1 is 0.829 bits per heavy atom. The van der Waals surface area contributed by atoms with Crippen LogP contribution < -0.4 is 0 Å². The molecule has 3 nitrogen and oxygen atoms in total. The fourth-order valence-electron chi connectivity index (χ4n) is 4.95. The molecule has 1 radical (unpaired) electrons. The molecule has 0 saturated heterocycles. The minimum atomic E-state index is 0. The number of fused-ring (bicyclic) bond motifs is 5. The van der Waals surface area contributed by atoms with Crippen molar-refractivity contribution >= 4 is 43.4 Å². The van der Waals surface area contributed by atoms with Gasteiger partial charge in [-0.2, -0.15) is 0 Å². The predicted molar refractivity (Wildman–Crippen MR) is 168 cm³/mol. The van der Waals surface area contributed by atoms with Gasteiger partial charge in [-0.1, -0.05) is 67.6 Å². The van der Waals surface area contributed by atoms with E-state index < -0.39 is 0 Å². The number of hydrogen-bond donors (Lipinski definition) is 0. The SMILES string of the molecule is Cc1cnc(-c2[c-]ccc3c2oc2c3ccc3ccsc32)cc1CC(C)(C)C.[Ir].[c-]1ccccc1-c1ccccn1. The fraction of sp³-hybridized carbons (Fsp3) is 0.167. The van der Waals surface area contributed by atoms with E-state index in [1.807, 2.05) is 54.7 Å². The molecule has 7 aromatic rings. The second-order valence-electron chi connectivity index (χ2n) is 11.2. The maximum absolute atomic E-state index is 6.42. The third-order valence-corrected chi connectivity index (χ3v) is 7.79. The van der Waals surface area contributed by atoms with Gasteiger partial charge in [0.05, 0.1) is 10.3 Å². The van der Waals surface area contributed by atoms with Gasteiger partial charge < -0.3 is 14.4 Å². The number of rotatable bonds is 3. The molecule has 0 amide bonds. The number of thiophene rings is 1. The molecule has 0 aliphatic carbocycles. The summed E-state index contributed by atoms with van der Waals surface area (Å²) < 4.78 is 7.62. The maximum atomic E-state index is 6.42. The topological polar surface area (TPSA) is 38.9 Å². The van der Waals surface area contributed by atoms with Crippen molar-refractivity contribution in [3.8, 4) is 22.5 Å². The summed E-state index contributed by atoms with van der Waals surface area (Å²) >= 11 is 1.72. The summed E-state index contributed by atoms with van der Waals surface area (Å²) in [6, 6.07) is 33.0. The molecule has 0 N–H and O–H groups in total. The summed E-state index contributed by atoms with van der Waals surface area (Å²) in [6.07, 6.45) is 4.78. The van der Waals surface area contributed by atoms with Gasteiger partial charge in [-0.25, -0.2) is 0 Å². The zero-order valence-electron chi connectivity index (χ0n) is 23.5. The smallest absolute Gasteiger partial charge is 0.138 e. The summed E-state index contributed by atoms with van der Waals surface area (Å²) in [4.78, 5) is 8.94. The summed E-state index contributed by atoms with van der Waals surface area (Å²) in [5.41, 5.74) is 8.50. The van der Waals surface area contributed by atoms with Gasteiger partial charge in [0.25, 0.3) is 0 Å². The molecule has 0 atom stereocenters.